The number of amides is 17. The van der Waals surface area contributed by atoms with Crippen LogP contribution >= 0.6 is 25.3 Å². The smallest absolute Gasteiger partial charge is 0.245 e. The molecule has 0 aliphatic rings. The molecule has 642 valence electrons. The zero-order chi connectivity index (χ0) is 88.3. The average Bonchev–Trinajstić information content (AvgIpc) is 1.40. The number of carbonyl (C=O) groups is 17. The summed E-state index contributed by atoms with van der Waals surface area (Å²) in [6.45, 7) is 13.5. The Bertz CT molecular complexity index is 4490. The van der Waals surface area contributed by atoms with Gasteiger partial charge in [0, 0.05) is 79.1 Å². The van der Waals surface area contributed by atoms with Crippen LogP contribution in [0, 0.1) is 0 Å². The fourth-order valence-electron chi connectivity index (χ4n) is 12.3. The van der Waals surface area contributed by atoms with Gasteiger partial charge < -0.3 is 107 Å². The van der Waals surface area contributed by atoms with E-state index in [2.05, 4.69) is 86.7 Å². The van der Waals surface area contributed by atoms with Crippen LogP contribution in [0.25, 0.3) is 21.7 Å². The number of primary amides is 4. The number of aromatic amines is 1. The number of nitrogens with one attached hydrogen (secondary N) is 14. The Morgan fingerprint density at radius 3 is 1.48 bits per heavy atom. The van der Waals surface area contributed by atoms with Crippen molar-refractivity contribution in [2.75, 3.05) is 13.7 Å². The van der Waals surface area contributed by atoms with Crippen LogP contribution in [-0.4, -0.2) is 212 Å². The van der Waals surface area contributed by atoms with Gasteiger partial charge in [-0.15, -0.1) is 0 Å². The maximum atomic E-state index is 15.4. The zero-order valence-electron chi connectivity index (χ0n) is 67.7. The summed E-state index contributed by atoms with van der Waals surface area (Å²) >= 11 is 9.16. The molecule has 0 spiro atoms. The third kappa shape index (κ3) is 31.0. The third-order valence-electron chi connectivity index (χ3n) is 18.9. The molecular weight excluding hydrogens is 1570 g/mol. The number of hydrogen-bond acceptors (Lipinski definition) is 21. The van der Waals surface area contributed by atoms with Gasteiger partial charge >= 0.3 is 0 Å². The maximum Gasteiger partial charge on any atom is 0.245 e. The Morgan fingerprint density at radius 2 is 0.932 bits per heavy atom. The maximum absolute atomic E-state index is 15.4. The molecule has 39 heteroatoms. The number of thiol groups is 2. The van der Waals surface area contributed by atoms with E-state index in [1.165, 1.54) is 62.5 Å². The van der Waals surface area contributed by atoms with Crippen molar-refractivity contribution in [1.82, 2.24) is 74.1 Å². The van der Waals surface area contributed by atoms with E-state index in [1.807, 2.05) is 18.2 Å². The molecule has 5 aromatic rings. The van der Waals surface area contributed by atoms with Crippen molar-refractivity contribution in [3.05, 3.63) is 114 Å². The second-order valence-electron chi connectivity index (χ2n) is 30.4. The van der Waals surface area contributed by atoms with Crippen molar-refractivity contribution in [3.63, 3.8) is 0 Å². The molecule has 5 rings (SSSR count). The number of aromatic nitrogens is 1. The molecule has 118 heavy (non-hydrogen) atoms. The number of para-hydroxylation sites is 1. The SMILES string of the molecule is COc1ccc(C[C@H](NC(=O)[C@@H](NC(=O)[C@H](CCC(N)=O)NC(=O)[C@H](Cc2c[nH]c3ccccc23)NC(=O)[C@@H](NC(=O)[C@H](CCC(N)=O)NC(=O)[C@@H](NC(C)=O)C(C)(C)S)[C@@H](C)O)C(C)(C)S)C(=O)N[C@@H](Cc2ccc3ccccc3c2)C(=O)NC(C)(C)C(=O)N[C@@H](CCCCNC(C)=O)C(=O)N[C@@H](CC(N)=O)C(=O)N[C@@H](C)C(N)=O)cc1. The molecule has 0 saturated carbocycles. The highest BCUT2D eigenvalue weighted by atomic mass is 32.1. The molecule has 0 saturated heterocycles. The van der Waals surface area contributed by atoms with E-state index in [0.29, 0.717) is 33.3 Å². The van der Waals surface area contributed by atoms with Crippen LogP contribution in [0.15, 0.2) is 97.2 Å². The number of ether oxygens (including phenoxy) is 1. The van der Waals surface area contributed by atoms with Crippen LogP contribution in [0.5, 0.6) is 5.75 Å². The summed E-state index contributed by atoms with van der Waals surface area (Å²) in [7, 11) is 1.42. The van der Waals surface area contributed by atoms with Gasteiger partial charge in [-0.3, -0.25) is 81.5 Å². The van der Waals surface area contributed by atoms with Gasteiger partial charge in [0.1, 0.15) is 77.7 Å². The molecule has 0 fully saturated rings. The molecule has 37 nitrogen and oxygen atoms in total. The first-order valence-corrected chi connectivity index (χ1v) is 38.9. The molecule has 0 aliphatic carbocycles. The number of methoxy groups -OCH3 is 1. The summed E-state index contributed by atoms with van der Waals surface area (Å²) in [6, 6.07) is 7.80. The first-order chi connectivity index (χ1) is 55.2. The molecule has 0 bridgehead atoms. The summed E-state index contributed by atoms with van der Waals surface area (Å²) < 4.78 is 2.57. The van der Waals surface area contributed by atoms with Gasteiger partial charge in [-0.2, -0.15) is 25.3 Å². The lowest BCUT2D eigenvalue weighted by molar-refractivity contribution is -0.138. The first-order valence-electron chi connectivity index (χ1n) is 38.0. The van der Waals surface area contributed by atoms with Crippen molar-refractivity contribution in [2.24, 2.45) is 22.9 Å². The molecule has 0 unspecified atom stereocenters. The number of aliphatic hydroxyl groups is 1. The molecule has 1 heterocycles. The highest BCUT2D eigenvalue weighted by Gasteiger charge is 2.43. The van der Waals surface area contributed by atoms with Crippen LogP contribution in [0.3, 0.4) is 0 Å². The van der Waals surface area contributed by atoms with Crippen LogP contribution in [0.4, 0.5) is 0 Å². The van der Waals surface area contributed by atoms with Crippen LogP contribution in [0.1, 0.15) is 137 Å². The molecule has 0 aliphatic heterocycles. The van der Waals surface area contributed by atoms with Crippen LogP contribution in [-0.2, 0) is 101 Å². The number of nitrogens with two attached hydrogens (primary N) is 4. The van der Waals surface area contributed by atoms with Gasteiger partial charge in [-0.1, -0.05) is 72.8 Å². The molecule has 17 amide bonds. The largest absolute Gasteiger partial charge is 0.497 e. The summed E-state index contributed by atoms with van der Waals surface area (Å²) in [4.78, 5) is 236. The minimum absolute atomic E-state index is 0.140. The minimum atomic E-state index is -1.98. The monoisotopic (exact) mass is 1680 g/mol. The lowest BCUT2D eigenvalue weighted by Gasteiger charge is -2.33. The summed E-state index contributed by atoms with van der Waals surface area (Å²) in [6.07, 6.45) is -3.62. The quantitative estimate of drug-likeness (QED) is 0.0143. The molecule has 23 N–H and O–H groups in total. The van der Waals surface area contributed by atoms with E-state index in [4.69, 9.17) is 40.3 Å². The molecule has 4 aromatic carbocycles. The number of aliphatic hydroxyl groups excluding tert-OH is 1. The molecule has 12 atom stereocenters. The second kappa shape index (κ2) is 44.5. The number of carbonyl (C=O) groups excluding carboxylic acids is 17. The first kappa shape index (κ1) is 96.7. The van der Waals surface area contributed by atoms with Crippen molar-refractivity contribution >= 4 is 147 Å². The predicted molar refractivity (Wildman–Crippen MR) is 441 cm³/mol. The fraction of sp³-hybridized carbons (Fsp3) is 0.481. The number of fused-ring (bicyclic) bond motifs is 2. The van der Waals surface area contributed by atoms with Crippen molar-refractivity contribution in [2.45, 2.75) is 227 Å². The summed E-state index contributed by atoms with van der Waals surface area (Å²) in [5.74, 6) is -15.9. The number of hydrogen-bond donors (Lipinski definition) is 21. The van der Waals surface area contributed by atoms with E-state index in [1.54, 1.807) is 79.0 Å². The van der Waals surface area contributed by atoms with Gasteiger partial charge in [0.2, 0.25) is 100 Å². The highest BCUT2D eigenvalue weighted by molar-refractivity contribution is 7.82. The van der Waals surface area contributed by atoms with E-state index >= 15 is 24.0 Å². The van der Waals surface area contributed by atoms with Crippen LogP contribution < -0.4 is 96.8 Å². The van der Waals surface area contributed by atoms with Gasteiger partial charge in [0.05, 0.1) is 19.6 Å². The van der Waals surface area contributed by atoms with Crippen molar-refractivity contribution in [3.8, 4) is 5.75 Å². The Hall–Kier alpha value is -11.9. The molecule has 1 aromatic heterocycles. The van der Waals surface area contributed by atoms with E-state index in [9.17, 15) is 62.6 Å². The Morgan fingerprint density at radius 1 is 0.466 bits per heavy atom. The standard InChI is InChI=1S/C79H110N18O19S2/c1-40(65(83)104)86-69(108)58(38-61(82)103)91-66(105)52(22-16-17-33-84-42(3)99)94-76(115)77(5,6)97-72(111)56(36-45-23-26-46-18-12-13-19-47(46)34-45)90-70(109)55(35-44-24-27-49(116-11)28-25-44)93-75(114)64(79(9,10)118)96-68(107)54(30-32-60(81)102)88-71(110)57(37-48-39-85-51-21-15-14-20-50(48)51)92-73(112)62(41(2)98)95-67(106)53(29-31-59(80)101)89-74(113)63(78(7,8)117)87-43(4)100/h12-15,18-21,23-28,34,39-41,52-58,62-64,85,98,117-118H,16-17,22,29-33,35-38H2,1-11H3,(H2,80,101)(H2,81,102)(H2,82,103)(H2,83,104)(H,84,99)(H,86,108)(H,87,100)(H,88,110)(H,89,113)(H,90,109)(H,91,105)(H,92,112)(H,93,114)(H,94,115)(H,95,106)(H,96,107)(H,97,111)/t40-,41+,52-,53-,54-,55-,56-,57-,58-,62-,63+,64+/m0/s1. The summed E-state index contributed by atoms with van der Waals surface area (Å²) in [5, 5.41) is 46.4. The van der Waals surface area contributed by atoms with Gasteiger partial charge in [-0.05, 0) is 133 Å². The third-order valence-corrected chi connectivity index (χ3v) is 19.4. The number of H-pyrrole nitrogens is 1. The lowest BCUT2D eigenvalue weighted by Crippen LogP contribution is -2.64. The number of benzene rings is 4. The lowest BCUT2D eigenvalue weighted by atomic mass is 9.97. The van der Waals surface area contributed by atoms with Gasteiger partial charge in [0.15, 0.2) is 0 Å². The Balaban J connectivity index is 1.52. The average molecular weight is 1680 g/mol. The number of rotatable bonds is 47. The van der Waals surface area contributed by atoms with E-state index in [-0.39, 0.29) is 51.0 Å². The van der Waals surface area contributed by atoms with Gasteiger partial charge in [0.25, 0.3) is 0 Å². The van der Waals surface area contributed by atoms with Crippen molar-refractivity contribution in [1.29, 1.82) is 0 Å². The van der Waals surface area contributed by atoms with E-state index < -0.39 is 214 Å². The van der Waals surface area contributed by atoms with Gasteiger partial charge in [-0.25, -0.2) is 0 Å². The van der Waals surface area contributed by atoms with Crippen LogP contribution in [0.2, 0.25) is 0 Å². The normalized spacial score (nSPS) is 14.6. The Labute approximate surface area is 693 Å². The molecule has 0 radical (unpaired) electrons. The van der Waals surface area contributed by atoms with E-state index in [0.717, 1.165) is 24.6 Å². The second-order valence-corrected chi connectivity index (χ2v) is 32.7. The van der Waals surface area contributed by atoms with Crippen molar-refractivity contribution < 1.29 is 91.4 Å². The zero-order valence-corrected chi connectivity index (χ0v) is 69.4. The fourth-order valence-corrected chi connectivity index (χ4v) is 12.6. The highest BCUT2D eigenvalue weighted by Crippen LogP contribution is 2.25. The molecular formula is C79H110N18O19S2. The topological polar surface area (TPSA) is 596 Å². The number of unbranched alkanes of at least 4 members (excludes halogenated alkanes) is 1. The predicted octanol–water partition coefficient (Wildman–Crippen LogP) is -2.38. The minimum Gasteiger partial charge on any atom is -0.497 e. The Kier molecular flexibility index (Phi) is 36.4. The summed E-state index contributed by atoms with van der Waals surface area (Å²) in [5.41, 5.74) is 21.8.